The zero-order valence-corrected chi connectivity index (χ0v) is 22.6. The van der Waals surface area contributed by atoms with Crippen molar-refractivity contribution in [2.75, 3.05) is 6.61 Å². The Kier molecular flexibility index (Phi) is 6.38. The predicted octanol–water partition coefficient (Wildman–Crippen LogP) is 2.06. The second kappa shape index (κ2) is 8.92. The summed E-state index contributed by atoms with van der Waals surface area (Å²) in [6.45, 7) is 6.98. The first kappa shape index (κ1) is 27.9. The van der Waals surface area contributed by atoms with Crippen LogP contribution < -0.4 is 0 Å². The number of fused-ring (bicyclic) bond motifs is 5. The van der Waals surface area contributed by atoms with E-state index < -0.39 is 76.3 Å². The van der Waals surface area contributed by atoms with Gasteiger partial charge in [-0.15, -0.1) is 0 Å². The molecular formula is C29H35FO9. The molecule has 0 unspecified atom stereocenters. The second-order valence-corrected chi connectivity index (χ2v) is 12.1. The number of esters is 2. The fourth-order valence-electron chi connectivity index (χ4n) is 7.63. The van der Waals surface area contributed by atoms with Gasteiger partial charge in [0.05, 0.1) is 29.6 Å². The maximum absolute atomic E-state index is 16.3. The molecule has 1 aromatic rings. The van der Waals surface area contributed by atoms with Gasteiger partial charge in [-0.05, 0) is 37.1 Å². The molecule has 10 heteroatoms. The number of halogens is 1. The first-order valence-corrected chi connectivity index (χ1v) is 13.2. The van der Waals surface area contributed by atoms with Crippen LogP contribution in [0.25, 0.3) is 0 Å². The predicted molar refractivity (Wildman–Crippen MR) is 134 cm³/mol. The number of carbonyl (C=O) groups excluding carboxylic acids is 3. The number of ether oxygens (including phenoxy) is 3. The summed E-state index contributed by atoms with van der Waals surface area (Å²) in [5.74, 6) is -3.94. The van der Waals surface area contributed by atoms with Crippen LogP contribution in [-0.2, 0) is 23.8 Å². The van der Waals surface area contributed by atoms with E-state index in [2.05, 4.69) is 0 Å². The van der Waals surface area contributed by atoms with Crippen LogP contribution >= 0.6 is 0 Å². The lowest BCUT2D eigenvalue weighted by molar-refractivity contribution is -0.341. The Balaban J connectivity index is 1.81. The number of alkyl halides is 1. The SMILES string of the molecule is CC(=O)O[C@@]12CO[C@@H]1C[C@@H](F)[C@@]1(C)C(=O)[C@H](O)C3=C(C)[C@@H](O)C[C@@](O)([C@@H](OC(=O)c4ccccc4)[C@H]21)C3(C)C. The van der Waals surface area contributed by atoms with Gasteiger partial charge < -0.3 is 29.5 Å². The van der Waals surface area contributed by atoms with E-state index in [1.165, 1.54) is 26.0 Å². The van der Waals surface area contributed by atoms with Gasteiger partial charge in [0, 0.05) is 25.2 Å². The topological polar surface area (TPSA) is 140 Å². The molecule has 3 aliphatic carbocycles. The molecule has 2 saturated carbocycles. The van der Waals surface area contributed by atoms with Crippen LogP contribution in [-0.4, -0.2) is 81.4 Å². The van der Waals surface area contributed by atoms with Gasteiger partial charge >= 0.3 is 11.9 Å². The van der Waals surface area contributed by atoms with Gasteiger partial charge in [0.25, 0.3) is 0 Å². The third kappa shape index (κ3) is 3.61. The molecule has 39 heavy (non-hydrogen) atoms. The maximum Gasteiger partial charge on any atom is 0.338 e. The number of rotatable bonds is 3. The number of hydrogen-bond acceptors (Lipinski definition) is 9. The van der Waals surface area contributed by atoms with Crippen LogP contribution in [0.15, 0.2) is 41.5 Å². The number of aliphatic hydroxyl groups excluding tert-OH is 2. The Morgan fingerprint density at radius 2 is 1.77 bits per heavy atom. The van der Waals surface area contributed by atoms with Crippen LogP contribution in [0.4, 0.5) is 4.39 Å². The van der Waals surface area contributed by atoms with Gasteiger partial charge in [0.1, 0.15) is 30.1 Å². The molecule has 1 saturated heterocycles. The molecular weight excluding hydrogens is 511 g/mol. The average Bonchev–Trinajstić information content (AvgIpc) is 2.87. The average molecular weight is 547 g/mol. The van der Waals surface area contributed by atoms with E-state index in [0.717, 1.165) is 0 Å². The Hall–Kier alpha value is -2.66. The summed E-state index contributed by atoms with van der Waals surface area (Å²) < 4.78 is 33.8. The van der Waals surface area contributed by atoms with E-state index in [0.29, 0.717) is 0 Å². The quantitative estimate of drug-likeness (QED) is 0.384. The van der Waals surface area contributed by atoms with Gasteiger partial charge in [-0.3, -0.25) is 9.59 Å². The lowest BCUT2D eigenvalue weighted by atomic mass is 9.45. The molecule has 0 radical (unpaired) electrons. The van der Waals surface area contributed by atoms with Crippen LogP contribution in [0.5, 0.6) is 0 Å². The van der Waals surface area contributed by atoms with E-state index in [1.54, 1.807) is 39.0 Å². The molecule has 1 aromatic carbocycles. The van der Waals surface area contributed by atoms with Gasteiger partial charge in [-0.2, -0.15) is 0 Å². The van der Waals surface area contributed by atoms with Gasteiger partial charge in [0.15, 0.2) is 11.4 Å². The summed E-state index contributed by atoms with van der Waals surface area (Å²) in [6, 6.07) is 7.98. The number of aliphatic hydroxyl groups is 3. The van der Waals surface area contributed by atoms with Crippen LogP contribution in [0.1, 0.15) is 57.8 Å². The third-order valence-electron chi connectivity index (χ3n) is 9.89. The summed E-state index contributed by atoms with van der Waals surface area (Å²) in [5, 5.41) is 35.2. The third-order valence-corrected chi connectivity index (χ3v) is 9.89. The molecule has 9 nitrogen and oxygen atoms in total. The highest BCUT2D eigenvalue weighted by Crippen LogP contribution is 2.64. The summed E-state index contributed by atoms with van der Waals surface area (Å²) in [7, 11) is 0. The van der Waals surface area contributed by atoms with Crippen molar-refractivity contribution in [1.29, 1.82) is 0 Å². The van der Waals surface area contributed by atoms with Crippen LogP contribution in [0.2, 0.25) is 0 Å². The Bertz CT molecular complexity index is 1240. The van der Waals surface area contributed by atoms with E-state index >= 15 is 4.39 Å². The highest BCUT2D eigenvalue weighted by Gasteiger charge is 2.78. The first-order valence-electron chi connectivity index (χ1n) is 13.2. The lowest BCUT2D eigenvalue weighted by Crippen LogP contribution is -2.81. The lowest BCUT2D eigenvalue weighted by Gasteiger charge is -2.67. The summed E-state index contributed by atoms with van der Waals surface area (Å²) >= 11 is 0. The van der Waals surface area contributed by atoms with E-state index in [-0.39, 0.29) is 36.2 Å². The van der Waals surface area contributed by atoms with Crippen molar-refractivity contribution >= 4 is 17.7 Å². The Morgan fingerprint density at radius 1 is 1.13 bits per heavy atom. The molecule has 0 spiro atoms. The normalized spacial score (nSPS) is 42.7. The fraction of sp³-hybridized carbons (Fsp3) is 0.621. The highest BCUT2D eigenvalue weighted by atomic mass is 19.1. The zero-order chi connectivity index (χ0) is 28.7. The van der Waals surface area contributed by atoms with Gasteiger partial charge in [-0.25, -0.2) is 9.18 Å². The number of ketones is 1. The Labute approximate surface area is 225 Å². The van der Waals surface area contributed by atoms with Crippen molar-refractivity contribution in [3.8, 4) is 0 Å². The molecule has 0 amide bonds. The number of hydrogen-bond donors (Lipinski definition) is 3. The van der Waals surface area contributed by atoms with E-state index in [9.17, 15) is 29.7 Å². The maximum atomic E-state index is 16.3. The monoisotopic (exact) mass is 546 g/mol. The van der Waals surface area contributed by atoms with Crippen molar-refractivity contribution in [3.05, 3.63) is 47.0 Å². The first-order chi connectivity index (χ1) is 18.1. The minimum Gasteiger partial charge on any atom is -0.455 e. The van der Waals surface area contributed by atoms with Crippen molar-refractivity contribution in [3.63, 3.8) is 0 Å². The molecule has 4 aliphatic rings. The molecule has 3 N–H and O–H groups in total. The molecule has 1 aliphatic heterocycles. The number of Topliss-reactive ketones (excluding diaryl/α,β-unsaturated/α-hetero) is 1. The molecule has 0 aromatic heterocycles. The molecule has 212 valence electrons. The number of carbonyl (C=O) groups is 3. The molecule has 2 bridgehead atoms. The van der Waals surface area contributed by atoms with Crippen molar-refractivity contribution in [1.82, 2.24) is 0 Å². The smallest absolute Gasteiger partial charge is 0.338 e. The summed E-state index contributed by atoms with van der Waals surface area (Å²) in [6.07, 6.45) is -8.34. The summed E-state index contributed by atoms with van der Waals surface area (Å²) in [4.78, 5) is 40.1. The van der Waals surface area contributed by atoms with E-state index in [4.69, 9.17) is 14.2 Å². The van der Waals surface area contributed by atoms with Gasteiger partial charge in [-0.1, -0.05) is 32.0 Å². The molecule has 5 rings (SSSR count). The zero-order valence-electron chi connectivity index (χ0n) is 22.6. The van der Waals surface area contributed by atoms with Crippen molar-refractivity contribution in [2.24, 2.45) is 16.7 Å². The van der Waals surface area contributed by atoms with E-state index in [1.807, 2.05) is 0 Å². The van der Waals surface area contributed by atoms with Crippen molar-refractivity contribution in [2.45, 2.75) is 89.2 Å². The largest absolute Gasteiger partial charge is 0.455 e. The van der Waals surface area contributed by atoms with Crippen LogP contribution in [0.3, 0.4) is 0 Å². The minimum atomic E-state index is -2.12. The van der Waals surface area contributed by atoms with Crippen molar-refractivity contribution < 1.29 is 48.3 Å². The van der Waals surface area contributed by atoms with Crippen LogP contribution in [0, 0.1) is 16.7 Å². The standard InChI is InChI=1S/C29H35FO9/c1-14-17(32)12-29(36)24(38-25(35)16-9-7-6-8-10-16)22-27(5,23(34)21(33)20(14)26(29,3)4)18(30)11-19-28(22,13-37-19)39-15(2)31/h6-10,17-19,21-22,24,32-33,36H,11-13H2,1-5H3/t17-,18+,19+,21+,22-,24-,27+,28-,29+/m0/s1. The fourth-order valence-corrected chi connectivity index (χ4v) is 7.63. The number of benzene rings is 1. The summed E-state index contributed by atoms with van der Waals surface area (Å²) in [5.41, 5.74) is -6.77. The molecule has 9 atom stereocenters. The Morgan fingerprint density at radius 3 is 2.33 bits per heavy atom. The molecule has 1 heterocycles. The highest BCUT2D eigenvalue weighted by molar-refractivity contribution is 5.94. The molecule has 3 fully saturated rings. The second-order valence-electron chi connectivity index (χ2n) is 12.1. The minimum absolute atomic E-state index is 0.0508. The van der Waals surface area contributed by atoms with Gasteiger partial charge in [0.2, 0.25) is 0 Å².